The molecule has 1 unspecified atom stereocenters. The van der Waals surface area contributed by atoms with Gasteiger partial charge in [0.2, 0.25) is 0 Å². The number of halogens is 1. The highest BCUT2D eigenvalue weighted by atomic mass is 79.9. The summed E-state index contributed by atoms with van der Waals surface area (Å²) < 4.78 is 7.16. The first-order chi connectivity index (χ1) is 9.27. The fourth-order valence-corrected chi connectivity index (χ4v) is 2.43. The highest BCUT2D eigenvalue weighted by Gasteiger charge is 2.11. The molecule has 19 heavy (non-hydrogen) atoms. The van der Waals surface area contributed by atoms with Crippen LogP contribution in [0.4, 0.5) is 0 Å². The second-order valence-electron chi connectivity index (χ2n) is 4.78. The zero-order valence-electron chi connectivity index (χ0n) is 12.1. The summed E-state index contributed by atoms with van der Waals surface area (Å²) in [7, 11) is 0. The van der Waals surface area contributed by atoms with Gasteiger partial charge in [-0.25, -0.2) is 0 Å². The van der Waals surface area contributed by atoms with E-state index in [1.165, 1.54) is 24.8 Å². The Hall–Kier alpha value is -0.380. The summed E-state index contributed by atoms with van der Waals surface area (Å²) in [5.74, 6) is 0. The first-order valence-electron chi connectivity index (χ1n) is 7.35. The van der Waals surface area contributed by atoms with Crippen LogP contribution in [0.2, 0.25) is 0 Å². The Bertz CT molecular complexity index is 343. The third-order valence-electron chi connectivity index (χ3n) is 3.12. The first kappa shape index (κ1) is 16.7. The van der Waals surface area contributed by atoms with Crippen LogP contribution in [0.15, 0.2) is 28.7 Å². The van der Waals surface area contributed by atoms with Crippen molar-refractivity contribution in [1.29, 1.82) is 0 Å². The van der Waals surface area contributed by atoms with Crippen LogP contribution in [-0.2, 0) is 4.74 Å². The normalized spacial score (nSPS) is 12.6. The molecule has 3 heteroatoms. The fraction of sp³-hybridized carbons (Fsp3) is 0.625. The van der Waals surface area contributed by atoms with Crippen molar-refractivity contribution in [2.24, 2.45) is 0 Å². The zero-order chi connectivity index (χ0) is 13.9. The highest BCUT2D eigenvalue weighted by molar-refractivity contribution is 9.10. The van der Waals surface area contributed by atoms with Gasteiger partial charge in [0, 0.05) is 17.6 Å². The maximum Gasteiger partial charge on any atom is 0.0949 e. The molecule has 1 rings (SSSR count). The summed E-state index contributed by atoms with van der Waals surface area (Å²) in [5.41, 5.74) is 1.24. The summed E-state index contributed by atoms with van der Waals surface area (Å²) in [6.45, 7) is 7.06. The summed E-state index contributed by atoms with van der Waals surface area (Å²) in [4.78, 5) is 0. The van der Waals surface area contributed by atoms with E-state index >= 15 is 0 Å². The Balaban J connectivity index is 2.47. The van der Waals surface area contributed by atoms with E-state index in [1.807, 2.05) is 0 Å². The van der Waals surface area contributed by atoms with E-state index in [0.717, 1.165) is 30.6 Å². The number of unbranched alkanes of at least 4 members (excludes halogenated alkanes) is 3. The number of hydrogen-bond acceptors (Lipinski definition) is 2. The summed E-state index contributed by atoms with van der Waals surface area (Å²) in [6.07, 6.45) is 5.15. The van der Waals surface area contributed by atoms with Crippen molar-refractivity contribution in [2.75, 3.05) is 19.7 Å². The quantitative estimate of drug-likeness (QED) is 0.629. The molecule has 0 saturated heterocycles. The molecule has 0 fully saturated rings. The molecule has 2 nitrogen and oxygen atoms in total. The highest BCUT2D eigenvalue weighted by Crippen LogP contribution is 2.21. The second kappa shape index (κ2) is 10.4. The maximum atomic E-state index is 6.05. The number of nitrogens with one attached hydrogen (secondary N) is 1. The molecule has 0 aliphatic carbocycles. The van der Waals surface area contributed by atoms with Gasteiger partial charge in [-0.15, -0.1) is 0 Å². The van der Waals surface area contributed by atoms with Crippen molar-refractivity contribution in [3.05, 3.63) is 34.3 Å². The topological polar surface area (TPSA) is 21.3 Å². The Labute approximate surface area is 126 Å². The smallest absolute Gasteiger partial charge is 0.0949 e. The lowest BCUT2D eigenvalue weighted by molar-refractivity contribution is 0.0502. The zero-order valence-corrected chi connectivity index (χ0v) is 13.7. The van der Waals surface area contributed by atoms with Crippen LogP contribution >= 0.6 is 15.9 Å². The van der Waals surface area contributed by atoms with Gasteiger partial charge in [-0.1, -0.05) is 61.2 Å². The Kier molecular flexibility index (Phi) is 9.14. The molecule has 1 aromatic rings. The minimum absolute atomic E-state index is 0.152. The van der Waals surface area contributed by atoms with Crippen molar-refractivity contribution in [3.63, 3.8) is 0 Å². The molecule has 0 saturated carbocycles. The van der Waals surface area contributed by atoms with Gasteiger partial charge in [0.15, 0.2) is 0 Å². The summed E-state index contributed by atoms with van der Waals surface area (Å²) in [5, 5.41) is 3.38. The van der Waals surface area contributed by atoms with Crippen LogP contribution in [0.1, 0.15) is 51.2 Å². The molecular weight excluding hydrogens is 302 g/mol. The van der Waals surface area contributed by atoms with Crippen molar-refractivity contribution in [3.8, 4) is 0 Å². The molecule has 1 N–H and O–H groups in total. The van der Waals surface area contributed by atoms with Crippen LogP contribution in [0.3, 0.4) is 0 Å². The molecule has 0 radical (unpaired) electrons. The standard InChI is InChI=1S/C16H26BrNO/c1-3-5-6-7-11-19-16(13-18-4-2)14-9-8-10-15(17)12-14/h8-10,12,16,18H,3-7,11,13H2,1-2H3. The van der Waals surface area contributed by atoms with Gasteiger partial charge < -0.3 is 10.1 Å². The van der Waals surface area contributed by atoms with Gasteiger partial charge >= 0.3 is 0 Å². The Morgan fingerprint density at radius 1 is 1.21 bits per heavy atom. The minimum atomic E-state index is 0.152. The molecule has 0 aliphatic heterocycles. The van der Waals surface area contributed by atoms with Crippen molar-refractivity contribution in [1.82, 2.24) is 5.32 Å². The average Bonchev–Trinajstić information content (AvgIpc) is 2.42. The number of ether oxygens (including phenoxy) is 1. The maximum absolute atomic E-state index is 6.05. The number of rotatable bonds is 10. The third kappa shape index (κ3) is 7.09. The molecule has 0 aromatic heterocycles. The fourth-order valence-electron chi connectivity index (χ4n) is 2.01. The molecule has 0 heterocycles. The molecule has 1 atom stereocenters. The van der Waals surface area contributed by atoms with E-state index < -0.39 is 0 Å². The molecule has 0 bridgehead atoms. The predicted octanol–water partition coefficient (Wildman–Crippen LogP) is 4.70. The number of hydrogen-bond donors (Lipinski definition) is 1. The van der Waals surface area contributed by atoms with Crippen LogP contribution in [0.5, 0.6) is 0 Å². The monoisotopic (exact) mass is 327 g/mol. The SMILES string of the molecule is CCCCCCOC(CNCC)c1cccc(Br)c1. The van der Waals surface area contributed by atoms with Crippen LogP contribution in [-0.4, -0.2) is 19.7 Å². The van der Waals surface area contributed by atoms with Gasteiger partial charge in [-0.3, -0.25) is 0 Å². The van der Waals surface area contributed by atoms with Gasteiger partial charge in [0.25, 0.3) is 0 Å². The predicted molar refractivity (Wildman–Crippen MR) is 85.5 cm³/mol. The Morgan fingerprint density at radius 3 is 2.74 bits per heavy atom. The molecule has 0 aliphatic rings. The molecule has 0 amide bonds. The van der Waals surface area contributed by atoms with Crippen molar-refractivity contribution >= 4 is 15.9 Å². The lowest BCUT2D eigenvalue weighted by atomic mass is 10.1. The van der Waals surface area contributed by atoms with E-state index in [1.54, 1.807) is 0 Å². The minimum Gasteiger partial charge on any atom is -0.372 e. The molecule has 1 aromatic carbocycles. The van der Waals surface area contributed by atoms with Crippen molar-refractivity contribution < 1.29 is 4.74 Å². The largest absolute Gasteiger partial charge is 0.372 e. The Morgan fingerprint density at radius 2 is 2.05 bits per heavy atom. The van der Waals surface area contributed by atoms with Crippen LogP contribution in [0, 0.1) is 0 Å². The van der Waals surface area contributed by atoms with Crippen LogP contribution < -0.4 is 5.32 Å². The molecular formula is C16H26BrNO. The summed E-state index contributed by atoms with van der Waals surface area (Å²) >= 11 is 3.53. The van der Waals surface area contributed by atoms with Crippen LogP contribution in [0.25, 0.3) is 0 Å². The lowest BCUT2D eigenvalue weighted by Crippen LogP contribution is -2.23. The second-order valence-corrected chi connectivity index (χ2v) is 5.70. The lowest BCUT2D eigenvalue weighted by Gasteiger charge is -2.19. The van der Waals surface area contributed by atoms with E-state index in [9.17, 15) is 0 Å². The molecule has 0 spiro atoms. The average molecular weight is 328 g/mol. The van der Waals surface area contributed by atoms with E-state index in [-0.39, 0.29) is 6.10 Å². The number of benzene rings is 1. The first-order valence-corrected chi connectivity index (χ1v) is 8.15. The van der Waals surface area contributed by atoms with E-state index in [0.29, 0.717) is 0 Å². The summed E-state index contributed by atoms with van der Waals surface area (Å²) in [6, 6.07) is 8.40. The van der Waals surface area contributed by atoms with Gasteiger partial charge in [-0.05, 0) is 30.7 Å². The van der Waals surface area contributed by atoms with E-state index in [2.05, 4.69) is 59.4 Å². The molecule has 108 valence electrons. The number of likely N-dealkylation sites (N-methyl/N-ethyl adjacent to an activating group) is 1. The van der Waals surface area contributed by atoms with Gasteiger partial charge in [0.05, 0.1) is 6.10 Å². The van der Waals surface area contributed by atoms with Gasteiger partial charge in [-0.2, -0.15) is 0 Å². The third-order valence-corrected chi connectivity index (χ3v) is 3.61. The van der Waals surface area contributed by atoms with Gasteiger partial charge in [0.1, 0.15) is 0 Å². The van der Waals surface area contributed by atoms with E-state index in [4.69, 9.17) is 4.74 Å². The van der Waals surface area contributed by atoms with Crippen molar-refractivity contribution in [2.45, 2.75) is 45.6 Å².